The Morgan fingerprint density at radius 1 is 1.14 bits per heavy atom. The SMILES string of the molecule is CCNC(=O)[C@@H]1CN(C(=O)C2CC=CC2)C[C@H]1C1CCN(c2ccc(C#N)c(C(F)(F)F)c2)CC1. The first-order chi connectivity index (χ1) is 16.7. The van der Waals surface area contributed by atoms with E-state index in [1.54, 1.807) is 12.1 Å². The standard InChI is InChI=1S/C26H31F3N4O2/c1-2-31-24(34)22-16-33(25(35)18-5-3-4-6-18)15-21(22)17-9-11-32(12-10-17)20-8-7-19(14-30)23(13-20)26(27,28)29/h3-4,7-8,13,17-18,21-22H,2,5-6,9-12,15-16H2,1H3,(H,31,34)/t21-,22+/m0/s1. The molecule has 2 atom stereocenters. The molecule has 1 aliphatic carbocycles. The molecule has 3 aliphatic rings. The van der Waals surface area contributed by atoms with Crippen molar-refractivity contribution in [3.63, 3.8) is 0 Å². The van der Waals surface area contributed by atoms with Crippen LogP contribution in [0.2, 0.25) is 0 Å². The van der Waals surface area contributed by atoms with Gasteiger partial charge in [0.2, 0.25) is 11.8 Å². The molecule has 1 aromatic carbocycles. The molecular weight excluding hydrogens is 457 g/mol. The van der Waals surface area contributed by atoms with Crippen LogP contribution in [0.25, 0.3) is 0 Å². The Hall–Kier alpha value is -3.02. The van der Waals surface area contributed by atoms with Crippen LogP contribution in [0.15, 0.2) is 30.4 Å². The maximum atomic E-state index is 13.4. The van der Waals surface area contributed by atoms with Crippen molar-refractivity contribution >= 4 is 17.5 Å². The average molecular weight is 489 g/mol. The highest BCUT2D eigenvalue weighted by Crippen LogP contribution is 2.39. The third-order valence-corrected chi connectivity index (χ3v) is 7.66. The first-order valence-corrected chi connectivity index (χ1v) is 12.3. The van der Waals surface area contributed by atoms with E-state index in [2.05, 4.69) is 5.32 Å². The normalized spacial score (nSPS) is 23.5. The van der Waals surface area contributed by atoms with E-state index in [9.17, 15) is 22.8 Å². The molecule has 1 aromatic rings. The van der Waals surface area contributed by atoms with Crippen LogP contribution in [0.3, 0.4) is 0 Å². The predicted molar refractivity (Wildman–Crippen MR) is 125 cm³/mol. The number of nitrogens with zero attached hydrogens (tertiary/aromatic N) is 3. The topological polar surface area (TPSA) is 76.4 Å². The van der Waals surface area contributed by atoms with E-state index in [1.165, 1.54) is 6.07 Å². The van der Waals surface area contributed by atoms with Crippen LogP contribution >= 0.6 is 0 Å². The number of likely N-dealkylation sites (tertiary alicyclic amines) is 1. The number of halogens is 3. The smallest absolute Gasteiger partial charge is 0.372 e. The maximum absolute atomic E-state index is 13.4. The summed E-state index contributed by atoms with van der Waals surface area (Å²) in [5.74, 6) is 0.0250. The molecule has 35 heavy (non-hydrogen) atoms. The third-order valence-electron chi connectivity index (χ3n) is 7.66. The number of carbonyl (C=O) groups is 2. The van der Waals surface area contributed by atoms with Crippen molar-refractivity contribution in [3.8, 4) is 6.07 Å². The minimum absolute atomic E-state index is 0.0262. The number of nitriles is 1. The van der Waals surface area contributed by atoms with Gasteiger partial charge in [-0.25, -0.2) is 0 Å². The van der Waals surface area contributed by atoms with Gasteiger partial charge in [-0.1, -0.05) is 12.2 Å². The summed E-state index contributed by atoms with van der Waals surface area (Å²) in [5.41, 5.74) is -0.844. The summed E-state index contributed by atoms with van der Waals surface area (Å²) in [6.45, 7) is 4.51. The van der Waals surface area contributed by atoms with E-state index >= 15 is 0 Å². The van der Waals surface area contributed by atoms with Crippen LogP contribution in [0.1, 0.15) is 43.7 Å². The number of anilines is 1. The van der Waals surface area contributed by atoms with E-state index in [0.717, 1.165) is 31.7 Å². The maximum Gasteiger partial charge on any atom is 0.417 e. The van der Waals surface area contributed by atoms with Crippen LogP contribution in [-0.4, -0.2) is 49.4 Å². The fourth-order valence-corrected chi connectivity index (χ4v) is 5.79. The number of rotatable bonds is 5. The van der Waals surface area contributed by atoms with Crippen molar-refractivity contribution in [2.75, 3.05) is 37.6 Å². The zero-order valence-electron chi connectivity index (χ0n) is 19.9. The molecular formula is C26H31F3N4O2. The Labute approximate surface area is 203 Å². The minimum Gasteiger partial charge on any atom is -0.372 e. The highest BCUT2D eigenvalue weighted by atomic mass is 19.4. The number of hydrogen-bond donors (Lipinski definition) is 1. The fraction of sp³-hybridized carbons (Fsp3) is 0.577. The summed E-state index contributed by atoms with van der Waals surface area (Å²) in [6, 6.07) is 5.48. The summed E-state index contributed by atoms with van der Waals surface area (Å²) in [6.07, 6.45) is 2.42. The lowest BCUT2D eigenvalue weighted by Gasteiger charge is -2.37. The Kier molecular flexibility index (Phi) is 7.39. The van der Waals surface area contributed by atoms with Gasteiger partial charge in [0.25, 0.3) is 0 Å². The largest absolute Gasteiger partial charge is 0.417 e. The number of alkyl halides is 3. The van der Waals surface area contributed by atoms with Crippen LogP contribution < -0.4 is 10.2 Å². The second kappa shape index (κ2) is 10.3. The molecule has 0 spiro atoms. The Morgan fingerprint density at radius 3 is 2.43 bits per heavy atom. The third kappa shape index (κ3) is 5.31. The van der Waals surface area contributed by atoms with Gasteiger partial charge in [-0.15, -0.1) is 0 Å². The van der Waals surface area contributed by atoms with Crippen molar-refractivity contribution < 1.29 is 22.8 Å². The lowest BCUT2D eigenvalue weighted by atomic mass is 9.78. The molecule has 2 saturated heterocycles. The minimum atomic E-state index is -4.59. The molecule has 0 radical (unpaired) electrons. The zero-order valence-corrected chi connectivity index (χ0v) is 19.9. The summed E-state index contributed by atoms with van der Waals surface area (Å²) < 4.78 is 40.2. The van der Waals surface area contributed by atoms with Crippen molar-refractivity contribution in [2.24, 2.45) is 23.7 Å². The van der Waals surface area contributed by atoms with E-state index < -0.39 is 11.7 Å². The van der Waals surface area contributed by atoms with Gasteiger partial charge in [-0.2, -0.15) is 18.4 Å². The quantitative estimate of drug-likeness (QED) is 0.637. The molecule has 2 amide bonds. The highest BCUT2D eigenvalue weighted by Gasteiger charge is 2.45. The number of allylic oxidation sites excluding steroid dienone is 2. The lowest BCUT2D eigenvalue weighted by molar-refractivity contribution is -0.138. The Bertz CT molecular complexity index is 1020. The average Bonchev–Trinajstić information content (AvgIpc) is 3.54. The van der Waals surface area contributed by atoms with Crippen LogP contribution in [0, 0.1) is 35.0 Å². The van der Waals surface area contributed by atoms with Crippen LogP contribution in [-0.2, 0) is 15.8 Å². The molecule has 2 fully saturated rings. The second-order valence-electron chi connectivity index (χ2n) is 9.71. The monoisotopic (exact) mass is 488 g/mol. The summed E-state index contributed by atoms with van der Waals surface area (Å²) in [4.78, 5) is 29.7. The molecule has 6 nitrogen and oxygen atoms in total. The molecule has 1 N–H and O–H groups in total. The number of carbonyl (C=O) groups excluding carboxylic acids is 2. The lowest BCUT2D eigenvalue weighted by Crippen LogP contribution is -2.41. The van der Waals surface area contributed by atoms with E-state index in [1.807, 2.05) is 28.9 Å². The van der Waals surface area contributed by atoms with Crippen LogP contribution in [0.5, 0.6) is 0 Å². The Morgan fingerprint density at radius 2 is 1.83 bits per heavy atom. The second-order valence-corrected chi connectivity index (χ2v) is 9.71. The van der Waals surface area contributed by atoms with Gasteiger partial charge < -0.3 is 15.1 Å². The molecule has 4 rings (SSSR count). The van der Waals surface area contributed by atoms with Gasteiger partial charge in [-0.05, 0) is 62.6 Å². The van der Waals surface area contributed by atoms with E-state index in [0.29, 0.717) is 38.4 Å². The Balaban J connectivity index is 1.45. The van der Waals surface area contributed by atoms with Crippen molar-refractivity contribution in [1.82, 2.24) is 10.2 Å². The summed E-state index contributed by atoms with van der Waals surface area (Å²) in [5, 5.41) is 12.0. The number of hydrogen-bond acceptors (Lipinski definition) is 4. The molecule has 2 aliphatic heterocycles. The first-order valence-electron chi connectivity index (χ1n) is 12.3. The number of benzene rings is 1. The van der Waals surface area contributed by atoms with Gasteiger partial charge in [0.05, 0.1) is 23.1 Å². The summed E-state index contributed by atoms with van der Waals surface area (Å²) >= 11 is 0. The first kappa shape index (κ1) is 25.1. The van der Waals surface area contributed by atoms with Gasteiger partial charge >= 0.3 is 6.18 Å². The molecule has 188 valence electrons. The van der Waals surface area contributed by atoms with Gasteiger partial charge in [0, 0.05) is 44.3 Å². The van der Waals surface area contributed by atoms with Crippen molar-refractivity contribution in [3.05, 3.63) is 41.5 Å². The number of nitrogens with one attached hydrogen (secondary N) is 1. The zero-order chi connectivity index (χ0) is 25.2. The fourth-order valence-electron chi connectivity index (χ4n) is 5.79. The predicted octanol–water partition coefficient (Wildman–Crippen LogP) is 3.97. The van der Waals surface area contributed by atoms with E-state index in [-0.39, 0.29) is 41.0 Å². The molecule has 0 unspecified atom stereocenters. The number of piperidine rings is 1. The molecule has 0 saturated carbocycles. The number of amides is 2. The molecule has 0 bridgehead atoms. The van der Waals surface area contributed by atoms with Crippen LogP contribution in [0.4, 0.5) is 18.9 Å². The van der Waals surface area contributed by atoms with E-state index in [4.69, 9.17) is 5.26 Å². The molecule has 2 heterocycles. The van der Waals surface area contributed by atoms with Gasteiger partial charge in [0.1, 0.15) is 0 Å². The van der Waals surface area contributed by atoms with Crippen molar-refractivity contribution in [1.29, 1.82) is 5.26 Å². The molecule has 9 heteroatoms. The van der Waals surface area contributed by atoms with Gasteiger partial charge in [0.15, 0.2) is 0 Å². The van der Waals surface area contributed by atoms with Gasteiger partial charge in [-0.3, -0.25) is 9.59 Å². The van der Waals surface area contributed by atoms with Crippen molar-refractivity contribution in [2.45, 2.75) is 38.8 Å². The molecule has 0 aromatic heterocycles. The summed E-state index contributed by atoms with van der Waals surface area (Å²) in [7, 11) is 0. The highest BCUT2D eigenvalue weighted by molar-refractivity contribution is 5.84.